The molecule has 0 aliphatic rings. The van der Waals surface area contributed by atoms with Gasteiger partial charge >= 0.3 is 5.97 Å². The molecular weight excluding hydrogens is 160 g/mol. The van der Waals surface area contributed by atoms with Gasteiger partial charge in [0.2, 0.25) is 5.88 Å². The normalized spacial score (nSPS) is 10.6. The number of aromatic carboxylic acids is 1. The van der Waals surface area contributed by atoms with Crippen LogP contribution in [0.5, 0.6) is 0 Å². The molecule has 0 unspecified atom stereocenters. The fraction of sp³-hybridized carbons (Fsp3) is 0.429. The van der Waals surface area contributed by atoms with E-state index < -0.39 is 5.97 Å². The van der Waals surface area contributed by atoms with E-state index >= 15 is 0 Å². The highest BCUT2D eigenvalue weighted by Crippen LogP contribution is 2.25. The Morgan fingerprint density at radius 3 is 2.58 bits per heavy atom. The van der Waals surface area contributed by atoms with Crippen molar-refractivity contribution in [3.05, 3.63) is 11.3 Å². The van der Waals surface area contributed by atoms with Crippen molar-refractivity contribution in [2.24, 2.45) is 0 Å². The van der Waals surface area contributed by atoms with Crippen LogP contribution in [0, 0.1) is 0 Å². The van der Waals surface area contributed by atoms with Crippen LogP contribution in [0.4, 0.5) is 5.88 Å². The Kier molecular flexibility index (Phi) is 2.03. The first-order valence-electron chi connectivity index (χ1n) is 3.52. The maximum absolute atomic E-state index is 10.6. The number of carboxylic acids is 1. The largest absolute Gasteiger partial charge is 0.476 e. The second-order valence-corrected chi connectivity index (χ2v) is 2.77. The van der Waals surface area contributed by atoms with Gasteiger partial charge in [0.1, 0.15) is 0 Å². The van der Waals surface area contributed by atoms with Crippen molar-refractivity contribution in [3.63, 3.8) is 0 Å². The first-order chi connectivity index (χ1) is 5.54. The summed E-state index contributed by atoms with van der Waals surface area (Å²) in [6.45, 7) is 3.66. The van der Waals surface area contributed by atoms with Crippen molar-refractivity contribution in [2.75, 3.05) is 5.73 Å². The molecule has 0 saturated carbocycles. The molecule has 1 aromatic heterocycles. The number of carbonyl (C=O) groups is 1. The first kappa shape index (κ1) is 8.58. The molecule has 5 heteroatoms. The van der Waals surface area contributed by atoms with Gasteiger partial charge in [0.05, 0.1) is 5.56 Å². The van der Waals surface area contributed by atoms with Crippen LogP contribution in [-0.4, -0.2) is 16.2 Å². The van der Waals surface area contributed by atoms with Crippen molar-refractivity contribution >= 4 is 11.9 Å². The highest BCUT2D eigenvalue weighted by molar-refractivity contribution is 5.88. The lowest BCUT2D eigenvalue weighted by Crippen LogP contribution is -2.03. The Bertz CT molecular complexity index is 304. The summed E-state index contributed by atoms with van der Waals surface area (Å²) in [6, 6.07) is 0. The quantitative estimate of drug-likeness (QED) is 0.693. The van der Waals surface area contributed by atoms with Crippen LogP contribution in [0.2, 0.25) is 0 Å². The van der Waals surface area contributed by atoms with Crippen molar-refractivity contribution in [1.82, 2.24) is 5.16 Å². The molecule has 0 saturated heterocycles. The van der Waals surface area contributed by atoms with Crippen molar-refractivity contribution in [1.29, 1.82) is 0 Å². The first-order valence-corrected chi connectivity index (χ1v) is 3.52. The summed E-state index contributed by atoms with van der Waals surface area (Å²) in [5.74, 6) is -1.02. The van der Waals surface area contributed by atoms with Gasteiger partial charge in [-0.15, -0.1) is 0 Å². The molecule has 3 N–H and O–H groups in total. The average molecular weight is 170 g/mol. The fourth-order valence-corrected chi connectivity index (χ4v) is 1.02. The van der Waals surface area contributed by atoms with Gasteiger partial charge in [-0.2, -0.15) is 0 Å². The standard InChI is InChI=1S/C7H10N2O3/c1-3(2)4-5(7(10)11)9-12-6(4)8/h3H,8H2,1-2H3,(H,10,11). The molecule has 12 heavy (non-hydrogen) atoms. The molecule has 0 amide bonds. The highest BCUT2D eigenvalue weighted by atomic mass is 16.5. The molecule has 0 atom stereocenters. The van der Waals surface area contributed by atoms with E-state index in [0.29, 0.717) is 5.56 Å². The van der Waals surface area contributed by atoms with Gasteiger partial charge in [-0.1, -0.05) is 19.0 Å². The van der Waals surface area contributed by atoms with E-state index in [-0.39, 0.29) is 17.5 Å². The molecule has 0 aliphatic carbocycles. The van der Waals surface area contributed by atoms with E-state index in [0.717, 1.165) is 0 Å². The number of anilines is 1. The van der Waals surface area contributed by atoms with Gasteiger partial charge in [0.15, 0.2) is 5.69 Å². The number of hydrogen-bond acceptors (Lipinski definition) is 4. The van der Waals surface area contributed by atoms with E-state index in [1.807, 2.05) is 13.8 Å². The number of nitrogen functional groups attached to an aromatic ring is 1. The summed E-state index contributed by atoms with van der Waals surface area (Å²) in [5.41, 5.74) is 5.75. The third kappa shape index (κ3) is 1.25. The van der Waals surface area contributed by atoms with Crippen molar-refractivity contribution < 1.29 is 14.4 Å². The molecule has 0 bridgehead atoms. The molecule has 1 aromatic rings. The zero-order valence-electron chi connectivity index (χ0n) is 6.87. The summed E-state index contributed by atoms with van der Waals surface area (Å²) >= 11 is 0. The molecule has 66 valence electrons. The number of aromatic nitrogens is 1. The second kappa shape index (κ2) is 2.84. The maximum atomic E-state index is 10.6. The van der Waals surface area contributed by atoms with Gasteiger partial charge in [0.25, 0.3) is 0 Å². The molecule has 0 spiro atoms. The SMILES string of the molecule is CC(C)c1c(C(=O)O)noc1N. The van der Waals surface area contributed by atoms with Crippen molar-refractivity contribution in [2.45, 2.75) is 19.8 Å². The van der Waals surface area contributed by atoms with Gasteiger partial charge in [0, 0.05) is 0 Å². The highest BCUT2D eigenvalue weighted by Gasteiger charge is 2.21. The fourth-order valence-electron chi connectivity index (χ4n) is 1.02. The van der Waals surface area contributed by atoms with Crippen LogP contribution in [0.15, 0.2) is 4.52 Å². The van der Waals surface area contributed by atoms with E-state index in [2.05, 4.69) is 9.68 Å². The number of nitrogens with zero attached hydrogens (tertiary/aromatic N) is 1. The van der Waals surface area contributed by atoms with Crippen LogP contribution >= 0.6 is 0 Å². The summed E-state index contributed by atoms with van der Waals surface area (Å²) in [4.78, 5) is 10.6. The van der Waals surface area contributed by atoms with Gasteiger partial charge < -0.3 is 15.4 Å². The molecular formula is C7H10N2O3. The van der Waals surface area contributed by atoms with Crippen LogP contribution in [0.1, 0.15) is 35.8 Å². The predicted molar refractivity (Wildman–Crippen MR) is 42.0 cm³/mol. The van der Waals surface area contributed by atoms with Crippen LogP contribution in [-0.2, 0) is 0 Å². The lowest BCUT2D eigenvalue weighted by atomic mass is 10.0. The van der Waals surface area contributed by atoms with Gasteiger partial charge in [-0.3, -0.25) is 0 Å². The molecule has 0 radical (unpaired) electrons. The molecule has 0 aliphatic heterocycles. The maximum Gasteiger partial charge on any atom is 0.358 e. The van der Waals surface area contributed by atoms with Crippen LogP contribution in [0.3, 0.4) is 0 Å². The lowest BCUT2D eigenvalue weighted by molar-refractivity contribution is 0.0684. The summed E-state index contributed by atoms with van der Waals surface area (Å²) < 4.78 is 4.57. The van der Waals surface area contributed by atoms with Gasteiger partial charge in [-0.05, 0) is 5.92 Å². The summed E-state index contributed by atoms with van der Waals surface area (Å²) in [6.07, 6.45) is 0. The van der Waals surface area contributed by atoms with E-state index in [4.69, 9.17) is 10.8 Å². The Morgan fingerprint density at radius 1 is 1.67 bits per heavy atom. The number of nitrogens with two attached hydrogens (primary N) is 1. The van der Waals surface area contributed by atoms with E-state index in [1.54, 1.807) is 0 Å². The molecule has 5 nitrogen and oxygen atoms in total. The predicted octanol–water partition coefficient (Wildman–Crippen LogP) is 1.08. The monoisotopic (exact) mass is 170 g/mol. The second-order valence-electron chi connectivity index (χ2n) is 2.77. The summed E-state index contributed by atoms with van der Waals surface area (Å²) in [5, 5.41) is 12.0. The van der Waals surface area contributed by atoms with E-state index in [1.165, 1.54) is 0 Å². The number of rotatable bonds is 2. The average Bonchev–Trinajstić information content (AvgIpc) is 2.30. The minimum absolute atomic E-state index is 0.00218. The zero-order valence-corrected chi connectivity index (χ0v) is 6.87. The topological polar surface area (TPSA) is 89.3 Å². The summed E-state index contributed by atoms with van der Waals surface area (Å²) in [7, 11) is 0. The zero-order chi connectivity index (χ0) is 9.30. The van der Waals surface area contributed by atoms with Crippen LogP contribution < -0.4 is 5.73 Å². The minimum Gasteiger partial charge on any atom is -0.476 e. The third-order valence-electron chi connectivity index (χ3n) is 1.54. The van der Waals surface area contributed by atoms with Crippen LogP contribution in [0.25, 0.3) is 0 Å². The minimum atomic E-state index is -1.11. The molecule has 1 rings (SSSR count). The Hall–Kier alpha value is -1.52. The lowest BCUT2D eigenvalue weighted by Gasteiger charge is -2.00. The number of hydrogen-bond donors (Lipinski definition) is 2. The molecule has 1 heterocycles. The number of carboxylic acid groups (broad SMARTS) is 1. The smallest absolute Gasteiger partial charge is 0.358 e. The Morgan fingerprint density at radius 2 is 2.25 bits per heavy atom. The third-order valence-corrected chi connectivity index (χ3v) is 1.54. The van der Waals surface area contributed by atoms with E-state index in [9.17, 15) is 4.79 Å². The van der Waals surface area contributed by atoms with Crippen molar-refractivity contribution in [3.8, 4) is 0 Å². The Balaban J connectivity index is 3.21. The van der Waals surface area contributed by atoms with Gasteiger partial charge in [-0.25, -0.2) is 4.79 Å². The molecule has 0 aromatic carbocycles. The Labute approximate surface area is 69.2 Å². The molecule has 0 fully saturated rings.